The quantitative estimate of drug-likeness (QED) is 0.0657. The summed E-state index contributed by atoms with van der Waals surface area (Å²) in [6.45, 7) is 0.585. The topological polar surface area (TPSA) is 259 Å². The Labute approximate surface area is 376 Å². The molecule has 2 unspecified atom stereocenters. The van der Waals surface area contributed by atoms with Gasteiger partial charge in [-0.05, 0) is 60.4 Å². The fraction of sp³-hybridized carbons (Fsp3) is 0.326. The summed E-state index contributed by atoms with van der Waals surface area (Å²) in [6.07, 6.45) is -4.73. The second-order valence-corrected chi connectivity index (χ2v) is 17.4. The van der Waals surface area contributed by atoms with Crippen LogP contribution in [-0.4, -0.2) is 121 Å². The van der Waals surface area contributed by atoms with E-state index in [0.717, 1.165) is 16.1 Å². The van der Waals surface area contributed by atoms with E-state index in [1.165, 1.54) is 37.3 Å². The van der Waals surface area contributed by atoms with E-state index in [1.807, 2.05) is 30.3 Å². The fourth-order valence-electron chi connectivity index (χ4n) is 6.79. The van der Waals surface area contributed by atoms with Gasteiger partial charge in [0.05, 0.1) is 43.7 Å². The first kappa shape index (κ1) is 49.1. The number of rotatable bonds is 21. The number of nitrogens with one attached hydrogen (secondary N) is 2. The van der Waals surface area contributed by atoms with Gasteiger partial charge < -0.3 is 50.2 Å². The predicted molar refractivity (Wildman–Crippen MR) is 236 cm³/mol. The molecule has 19 heteroatoms. The van der Waals surface area contributed by atoms with Gasteiger partial charge in [0.15, 0.2) is 11.9 Å². The van der Waals surface area contributed by atoms with Gasteiger partial charge in [0, 0.05) is 37.7 Å². The zero-order valence-electron chi connectivity index (χ0n) is 36.1. The molecule has 3 amide bonds. The molecule has 0 saturated heterocycles. The molecule has 1 aliphatic rings. The fourth-order valence-corrected chi connectivity index (χ4v) is 7.27. The second-order valence-electron chi connectivity index (χ2n) is 15.4. The van der Waals surface area contributed by atoms with Crippen LogP contribution in [-0.2, 0) is 46.8 Å². The lowest BCUT2D eigenvalue weighted by atomic mass is 9.99. The molecule has 346 valence electrons. The second kappa shape index (κ2) is 22.1. The third-order valence-corrected chi connectivity index (χ3v) is 11.8. The van der Waals surface area contributed by atoms with E-state index < -0.39 is 101 Å². The zero-order valence-corrected chi connectivity index (χ0v) is 36.9. The van der Waals surface area contributed by atoms with Crippen molar-refractivity contribution < 1.29 is 67.0 Å². The van der Waals surface area contributed by atoms with Crippen LogP contribution in [0.5, 0.6) is 5.75 Å². The molecule has 0 bridgehead atoms. The number of anilines is 1. The van der Waals surface area contributed by atoms with Crippen LogP contribution in [0.2, 0.25) is 0 Å². The first-order valence-corrected chi connectivity index (χ1v) is 22.2. The number of sulfonamides is 1. The standard InChI is InChI=1S/C46H52N4O14S/c1-28(31-15-9-6-10-16-31)47-44(57)32-22-33(24-34(23-32)49(2)65(4,60)61)45(58)48-36(21-29-12-7-5-8-13-29)37(51)26-50(25-30-14-11-17-35(20-30)62-3)39(53)18-19-40(54)63-27-38(52)43-41(55)42(56)46(59)64-43/h5-17,20,22-24,28,36-38,43,51-52,55-56H,18-19,21,25-27H2,1-4H3,(H,47,57)(H,48,58)/t28-,36+,37-,38?,43?/m1/s1. The first-order valence-electron chi connectivity index (χ1n) is 20.4. The molecule has 0 saturated carbocycles. The molecule has 6 N–H and O–H groups in total. The van der Waals surface area contributed by atoms with Gasteiger partial charge in [-0.2, -0.15) is 0 Å². The Kier molecular flexibility index (Phi) is 16.7. The summed E-state index contributed by atoms with van der Waals surface area (Å²) in [5, 5.41) is 47.3. The van der Waals surface area contributed by atoms with Gasteiger partial charge in [-0.15, -0.1) is 0 Å². The molecule has 0 radical (unpaired) electrons. The van der Waals surface area contributed by atoms with Crippen LogP contribution in [0.15, 0.2) is 115 Å². The molecule has 5 rings (SSSR count). The third kappa shape index (κ3) is 13.5. The largest absolute Gasteiger partial charge is 0.505 e. The van der Waals surface area contributed by atoms with E-state index in [0.29, 0.717) is 16.9 Å². The number of carbonyl (C=O) groups excluding carboxylic acids is 5. The molecule has 0 aliphatic carbocycles. The van der Waals surface area contributed by atoms with Gasteiger partial charge >= 0.3 is 11.9 Å². The van der Waals surface area contributed by atoms with Crippen molar-refractivity contribution in [3.05, 3.63) is 142 Å². The summed E-state index contributed by atoms with van der Waals surface area (Å²) < 4.78 is 41.3. The van der Waals surface area contributed by atoms with E-state index in [1.54, 1.807) is 61.5 Å². The highest BCUT2D eigenvalue weighted by atomic mass is 32.2. The smallest absolute Gasteiger partial charge is 0.377 e. The summed E-state index contributed by atoms with van der Waals surface area (Å²) in [7, 11) is -1.10. The minimum atomic E-state index is -3.85. The summed E-state index contributed by atoms with van der Waals surface area (Å²) in [5.41, 5.74) is 2.04. The number of aliphatic hydroxyl groups is 4. The lowest BCUT2D eigenvalue weighted by Crippen LogP contribution is -2.50. The van der Waals surface area contributed by atoms with Crippen molar-refractivity contribution in [3.63, 3.8) is 0 Å². The molecule has 65 heavy (non-hydrogen) atoms. The normalized spacial score (nSPS) is 15.5. The monoisotopic (exact) mass is 916 g/mol. The number of esters is 2. The molecular weight excluding hydrogens is 865 g/mol. The minimum absolute atomic E-state index is 0.00885. The van der Waals surface area contributed by atoms with Crippen molar-refractivity contribution in [1.29, 1.82) is 0 Å². The first-order chi connectivity index (χ1) is 30.8. The van der Waals surface area contributed by atoms with Crippen molar-refractivity contribution in [3.8, 4) is 5.75 Å². The van der Waals surface area contributed by atoms with Gasteiger partial charge in [-0.3, -0.25) is 23.5 Å². The van der Waals surface area contributed by atoms with Crippen LogP contribution in [0, 0.1) is 0 Å². The Morgan fingerprint density at radius 2 is 1.45 bits per heavy atom. The number of cyclic esters (lactones) is 1. The lowest BCUT2D eigenvalue weighted by Gasteiger charge is -2.31. The minimum Gasteiger partial charge on any atom is -0.505 e. The van der Waals surface area contributed by atoms with Gasteiger partial charge in [-0.1, -0.05) is 72.8 Å². The maximum Gasteiger partial charge on any atom is 0.377 e. The number of amides is 3. The van der Waals surface area contributed by atoms with Crippen molar-refractivity contribution >= 4 is 45.4 Å². The maximum absolute atomic E-state index is 14.3. The SMILES string of the molecule is COc1cccc(CN(C[C@@H](O)[C@H](Cc2ccccc2)NC(=O)c2cc(C(=O)N[C@H](C)c3ccccc3)cc(N(C)S(C)(=O)=O)c2)C(=O)CCC(=O)OCC(O)C2OC(=O)C(O)=C2O)c1. The average molecular weight is 917 g/mol. The number of aliphatic hydroxyl groups excluding tert-OH is 4. The number of hydrogen-bond donors (Lipinski definition) is 6. The Balaban J connectivity index is 1.38. The lowest BCUT2D eigenvalue weighted by molar-refractivity contribution is -0.155. The van der Waals surface area contributed by atoms with Gasteiger partial charge in [0.25, 0.3) is 11.8 Å². The van der Waals surface area contributed by atoms with Crippen LogP contribution in [0.3, 0.4) is 0 Å². The maximum atomic E-state index is 14.3. The van der Waals surface area contributed by atoms with Crippen molar-refractivity contribution in [1.82, 2.24) is 15.5 Å². The highest BCUT2D eigenvalue weighted by molar-refractivity contribution is 7.92. The zero-order chi connectivity index (χ0) is 47.4. The van der Waals surface area contributed by atoms with Gasteiger partial charge in [0.2, 0.25) is 21.7 Å². The van der Waals surface area contributed by atoms with Crippen LogP contribution in [0.4, 0.5) is 5.69 Å². The third-order valence-electron chi connectivity index (χ3n) is 10.5. The summed E-state index contributed by atoms with van der Waals surface area (Å²) in [5.74, 6) is -5.66. The van der Waals surface area contributed by atoms with Crippen molar-refractivity contribution in [2.75, 3.05) is 37.9 Å². The van der Waals surface area contributed by atoms with E-state index in [-0.39, 0.29) is 36.3 Å². The molecule has 4 aromatic rings. The molecule has 0 spiro atoms. The molecule has 1 aliphatic heterocycles. The number of methoxy groups -OCH3 is 1. The molecule has 5 atom stereocenters. The van der Waals surface area contributed by atoms with Crippen LogP contribution < -0.4 is 19.7 Å². The molecular formula is C46H52N4O14S. The number of nitrogens with zero attached hydrogens (tertiary/aromatic N) is 2. The van der Waals surface area contributed by atoms with Crippen molar-refractivity contribution in [2.24, 2.45) is 0 Å². The highest BCUT2D eigenvalue weighted by Crippen LogP contribution is 2.24. The van der Waals surface area contributed by atoms with Crippen molar-refractivity contribution in [2.45, 2.75) is 63.1 Å². The van der Waals surface area contributed by atoms with Gasteiger partial charge in [0.1, 0.15) is 18.5 Å². The van der Waals surface area contributed by atoms with E-state index in [2.05, 4.69) is 15.4 Å². The van der Waals surface area contributed by atoms with Crippen LogP contribution in [0.1, 0.15) is 63.2 Å². The molecule has 0 fully saturated rings. The van der Waals surface area contributed by atoms with Crippen LogP contribution >= 0.6 is 0 Å². The molecule has 0 aromatic heterocycles. The number of carbonyl (C=O) groups is 5. The molecule has 1 heterocycles. The predicted octanol–water partition coefficient (Wildman–Crippen LogP) is 3.25. The number of benzene rings is 4. The summed E-state index contributed by atoms with van der Waals surface area (Å²) in [6, 6.07) is 27.3. The Hall–Kier alpha value is -6.96. The van der Waals surface area contributed by atoms with E-state index in [9.17, 15) is 52.8 Å². The Bertz CT molecular complexity index is 2490. The van der Waals surface area contributed by atoms with E-state index >= 15 is 0 Å². The highest BCUT2D eigenvalue weighted by Gasteiger charge is 2.40. The molecule has 4 aromatic carbocycles. The van der Waals surface area contributed by atoms with Crippen LogP contribution in [0.25, 0.3) is 0 Å². The summed E-state index contributed by atoms with van der Waals surface area (Å²) in [4.78, 5) is 67.3. The molecule has 18 nitrogen and oxygen atoms in total. The Morgan fingerprint density at radius 3 is 2.05 bits per heavy atom. The average Bonchev–Trinajstić information content (AvgIpc) is 3.56. The van der Waals surface area contributed by atoms with E-state index in [4.69, 9.17) is 9.47 Å². The Morgan fingerprint density at radius 1 is 0.831 bits per heavy atom. The number of hydrogen-bond acceptors (Lipinski definition) is 14. The summed E-state index contributed by atoms with van der Waals surface area (Å²) >= 11 is 0. The number of ether oxygens (including phenoxy) is 3. The van der Waals surface area contributed by atoms with Gasteiger partial charge in [-0.25, -0.2) is 13.2 Å².